The Hall–Kier alpha value is -1.99. The third kappa shape index (κ3) is 4.65. The molecule has 1 aromatic carbocycles. The lowest BCUT2D eigenvalue weighted by Gasteiger charge is -2.11. The highest BCUT2D eigenvalue weighted by Gasteiger charge is 2.31. The topological polar surface area (TPSA) is 70.6 Å². The molecule has 0 unspecified atom stereocenters. The number of nitrogens with one attached hydrogen (secondary N) is 1. The third-order valence-electron chi connectivity index (χ3n) is 2.35. The van der Waals surface area contributed by atoms with Crippen molar-refractivity contribution >= 4 is 11.5 Å². The highest BCUT2D eigenvalue weighted by Crippen LogP contribution is 2.31. The second kappa shape index (κ2) is 6.26. The van der Waals surface area contributed by atoms with Crippen LogP contribution >= 0.6 is 0 Å². The lowest BCUT2D eigenvalue weighted by molar-refractivity contribution is -0.137. The fraction of sp³-hybridized carbons (Fsp3) is 0.364. The van der Waals surface area contributed by atoms with Crippen molar-refractivity contribution in [3.63, 3.8) is 0 Å². The summed E-state index contributed by atoms with van der Waals surface area (Å²) in [6.45, 7) is 0.203. The van der Waals surface area contributed by atoms with Gasteiger partial charge >= 0.3 is 6.18 Å². The number of amidine groups is 1. The van der Waals surface area contributed by atoms with E-state index < -0.39 is 17.6 Å². The van der Waals surface area contributed by atoms with Crippen LogP contribution < -0.4 is 11.1 Å². The first kappa shape index (κ1) is 15.1. The van der Waals surface area contributed by atoms with Crippen LogP contribution in [0.25, 0.3) is 0 Å². The minimum Gasteiger partial charge on any atom is -0.409 e. The number of halogens is 4. The fourth-order valence-electron chi connectivity index (χ4n) is 1.38. The zero-order chi connectivity index (χ0) is 14.5. The SMILES string of the molecule is NC(CCCNc1cc(C(F)(F)F)ccc1F)=NO. The van der Waals surface area contributed by atoms with E-state index in [-0.39, 0.29) is 24.5 Å². The first-order valence-corrected chi connectivity index (χ1v) is 5.41. The van der Waals surface area contributed by atoms with Gasteiger partial charge in [0.15, 0.2) is 0 Å². The van der Waals surface area contributed by atoms with Crippen molar-refractivity contribution in [3.05, 3.63) is 29.6 Å². The maximum Gasteiger partial charge on any atom is 0.416 e. The molecule has 0 heterocycles. The van der Waals surface area contributed by atoms with Crippen molar-refractivity contribution in [2.75, 3.05) is 11.9 Å². The second-order valence-corrected chi connectivity index (χ2v) is 3.81. The molecule has 0 aliphatic rings. The molecule has 19 heavy (non-hydrogen) atoms. The van der Waals surface area contributed by atoms with E-state index in [9.17, 15) is 17.6 Å². The molecule has 106 valence electrons. The van der Waals surface area contributed by atoms with E-state index in [1.54, 1.807) is 0 Å². The van der Waals surface area contributed by atoms with Gasteiger partial charge in [0.2, 0.25) is 0 Å². The maximum absolute atomic E-state index is 13.3. The van der Waals surface area contributed by atoms with E-state index in [1.807, 2.05) is 0 Å². The summed E-state index contributed by atoms with van der Waals surface area (Å²) in [5.41, 5.74) is 4.06. The number of anilines is 1. The lowest BCUT2D eigenvalue weighted by Crippen LogP contribution is -2.14. The normalized spacial score (nSPS) is 12.5. The van der Waals surface area contributed by atoms with Gasteiger partial charge in [0, 0.05) is 13.0 Å². The minimum absolute atomic E-state index is 0.00585. The van der Waals surface area contributed by atoms with Crippen LogP contribution in [0.3, 0.4) is 0 Å². The van der Waals surface area contributed by atoms with Crippen molar-refractivity contribution in [1.82, 2.24) is 0 Å². The van der Waals surface area contributed by atoms with Crippen molar-refractivity contribution in [2.24, 2.45) is 10.9 Å². The number of alkyl halides is 3. The van der Waals surface area contributed by atoms with E-state index in [0.717, 1.165) is 6.07 Å². The summed E-state index contributed by atoms with van der Waals surface area (Å²) in [5, 5.41) is 13.6. The smallest absolute Gasteiger partial charge is 0.409 e. The van der Waals surface area contributed by atoms with Gasteiger partial charge in [-0.25, -0.2) is 4.39 Å². The predicted molar refractivity (Wildman–Crippen MR) is 62.5 cm³/mol. The van der Waals surface area contributed by atoms with Crippen LogP contribution in [0.5, 0.6) is 0 Å². The van der Waals surface area contributed by atoms with E-state index >= 15 is 0 Å². The van der Waals surface area contributed by atoms with Gasteiger partial charge < -0.3 is 16.3 Å². The maximum atomic E-state index is 13.3. The van der Waals surface area contributed by atoms with Crippen molar-refractivity contribution < 1.29 is 22.8 Å². The third-order valence-corrected chi connectivity index (χ3v) is 2.35. The molecular weight excluding hydrogens is 266 g/mol. The quantitative estimate of drug-likeness (QED) is 0.194. The van der Waals surface area contributed by atoms with Gasteiger partial charge in [-0.1, -0.05) is 5.16 Å². The lowest BCUT2D eigenvalue weighted by atomic mass is 10.2. The summed E-state index contributed by atoms with van der Waals surface area (Å²) in [7, 11) is 0. The number of nitrogens with two attached hydrogens (primary N) is 1. The van der Waals surface area contributed by atoms with Crippen LogP contribution in [0.1, 0.15) is 18.4 Å². The molecule has 0 saturated heterocycles. The van der Waals surface area contributed by atoms with Gasteiger partial charge in [0.1, 0.15) is 11.7 Å². The highest BCUT2D eigenvalue weighted by atomic mass is 19.4. The molecule has 0 radical (unpaired) electrons. The van der Waals surface area contributed by atoms with Crippen LogP contribution in [0.4, 0.5) is 23.2 Å². The molecule has 0 saturated carbocycles. The van der Waals surface area contributed by atoms with Crippen molar-refractivity contribution in [1.29, 1.82) is 0 Å². The molecule has 4 N–H and O–H groups in total. The van der Waals surface area contributed by atoms with Crippen molar-refractivity contribution in [3.8, 4) is 0 Å². The first-order chi connectivity index (χ1) is 8.84. The van der Waals surface area contributed by atoms with Crippen LogP contribution in [0.2, 0.25) is 0 Å². The minimum atomic E-state index is -4.52. The van der Waals surface area contributed by atoms with E-state index in [4.69, 9.17) is 10.9 Å². The molecule has 0 spiro atoms. The Balaban J connectivity index is 2.63. The van der Waals surface area contributed by atoms with Crippen LogP contribution in [0.15, 0.2) is 23.4 Å². The molecule has 0 aliphatic carbocycles. The Kier molecular flexibility index (Phi) is 4.96. The first-order valence-electron chi connectivity index (χ1n) is 5.41. The largest absolute Gasteiger partial charge is 0.416 e. The number of nitrogens with zero attached hydrogens (tertiary/aromatic N) is 1. The number of rotatable bonds is 5. The monoisotopic (exact) mass is 279 g/mol. The summed E-state index contributed by atoms with van der Waals surface area (Å²) in [5.74, 6) is -0.761. The summed E-state index contributed by atoms with van der Waals surface area (Å²) in [4.78, 5) is 0. The number of benzene rings is 1. The van der Waals surface area contributed by atoms with Gasteiger partial charge in [-0.3, -0.25) is 0 Å². The number of hydrogen-bond acceptors (Lipinski definition) is 3. The van der Waals surface area contributed by atoms with Crippen LogP contribution in [-0.4, -0.2) is 17.6 Å². The molecular formula is C11H13F4N3O. The van der Waals surface area contributed by atoms with Gasteiger partial charge in [0.25, 0.3) is 0 Å². The zero-order valence-corrected chi connectivity index (χ0v) is 9.84. The average Bonchev–Trinajstić information content (AvgIpc) is 2.34. The van der Waals surface area contributed by atoms with Gasteiger partial charge in [-0.2, -0.15) is 13.2 Å². The van der Waals surface area contributed by atoms with Gasteiger partial charge in [0.05, 0.1) is 11.3 Å². The Bertz CT molecular complexity index is 460. The zero-order valence-electron chi connectivity index (χ0n) is 9.84. The second-order valence-electron chi connectivity index (χ2n) is 3.81. The molecule has 0 fully saturated rings. The fourth-order valence-corrected chi connectivity index (χ4v) is 1.38. The van der Waals surface area contributed by atoms with Gasteiger partial charge in [-0.15, -0.1) is 0 Å². The summed E-state index contributed by atoms with van der Waals surface area (Å²) < 4.78 is 50.6. The van der Waals surface area contributed by atoms with Crippen LogP contribution in [0, 0.1) is 5.82 Å². The van der Waals surface area contributed by atoms with Gasteiger partial charge in [-0.05, 0) is 24.6 Å². The summed E-state index contributed by atoms with van der Waals surface area (Å²) >= 11 is 0. The Morgan fingerprint density at radius 1 is 1.37 bits per heavy atom. The predicted octanol–water partition coefficient (Wildman–Crippen LogP) is 2.78. The molecule has 0 amide bonds. The molecule has 0 aliphatic heterocycles. The highest BCUT2D eigenvalue weighted by molar-refractivity contribution is 5.79. The standard InChI is InChI=1S/C11H13F4N3O/c12-8-4-3-7(11(13,14)15)6-9(8)17-5-1-2-10(16)18-19/h3-4,6,17,19H,1-2,5H2,(H2,16,18). The Morgan fingerprint density at radius 2 is 2.05 bits per heavy atom. The molecule has 0 aromatic heterocycles. The van der Waals surface area contributed by atoms with E-state index in [0.29, 0.717) is 18.6 Å². The molecule has 1 aromatic rings. The number of oxime groups is 1. The summed E-state index contributed by atoms with van der Waals surface area (Å²) in [6.07, 6.45) is -3.87. The Labute approximate surface area is 106 Å². The molecule has 0 atom stereocenters. The van der Waals surface area contributed by atoms with Crippen molar-refractivity contribution in [2.45, 2.75) is 19.0 Å². The molecule has 0 bridgehead atoms. The van der Waals surface area contributed by atoms with E-state index in [2.05, 4.69) is 10.5 Å². The Morgan fingerprint density at radius 3 is 2.63 bits per heavy atom. The summed E-state index contributed by atoms with van der Waals surface area (Å²) in [6, 6.07) is 2.14. The average molecular weight is 279 g/mol. The molecule has 4 nitrogen and oxygen atoms in total. The van der Waals surface area contributed by atoms with E-state index in [1.165, 1.54) is 0 Å². The molecule has 1 rings (SSSR count). The molecule has 8 heteroatoms. The number of hydrogen-bond donors (Lipinski definition) is 3. The van der Waals surface area contributed by atoms with Crippen LogP contribution in [-0.2, 0) is 6.18 Å².